The number of hydrogen-bond acceptors (Lipinski definition) is 5. The molecule has 98 valence electrons. The molecule has 7 nitrogen and oxygen atoms in total. The van der Waals surface area contributed by atoms with Crippen molar-refractivity contribution in [3.8, 4) is 0 Å². The monoisotopic (exact) mass is 246 g/mol. The Morgan fingerprint density at radius 1 is 1.47 bits per heavy atom. The van der Waals surface area contributed by atoms with E-state index in [4.69, 9.17) is 14.9 Å². The highest BCUT2D eigenvalue weighted by Gasteiger charge is 2.35. The van der Waals surface area contributed by atoms with E-state index < -0.39 is 30.4 Å². The summed E-state index contributed by atoms with van der Waals surface area (Å²) in [5.41, 5.74) is 0. The van der Waals surface area contributed by atoms with Gasteiger partial charge in [0.15, 0.2) is 0 Å². The van der Waals surface area contributed by atoms with Crippen molar-refractivity contribution in [2.45, 2.75) is 19.0 Å². The van der Waals surface area contributed by atoms with Crippen LogP contribution in [0.2, 0.25) is 0 Å². The van der Waals surface area contributed by atoms with Gasteiger partial charge in [-0.25, -0.2) is 4.79 Å². The molecule has 7 heteroatoms. The Hall–Kier alpha value is -1.18. The van der Waals surface area contributed by atoms with Gasteiger partial charge in [0.25, 0.3) is 0 Å². The zero-order valence-corrected chi connectivity index (χ0v) is 9.68. The molecule has 1 rings (SSSR count). The third-order valence-electron chi connectivity index (χ3n) is 2.68. The smallest absolute Gasteiger partial charge is 0.328 e. The van der Waals surface area contributed by atoms with Gasteiger partial charge in [-0.15, -0.1) is 0 Å². The van der Waals surface area contributed by atoms with Crippen LogP contribution >= 0.6 is 0 Å². The molecular weight excluding hydrogens is 228 g/mol. The quantitative estimate of drug-likeness (QED) is 0.439. The van der Waals surface area contributed by atoms with Gasteiger partial charge in [0, 0.05) is 6.04 Å². The number of carbonyl (C=O) groups excluding carboxylic acids is 1. The Morgan fingerprint density at radius 3 is 2.71 bits per heavy atom. The molecule has 1 saturated heterocycles. The molecule has 0 spiro atoms. The topological polar surface area (TPSA) is 108 Å². The lowest BCUT2D eigenvalue weighted by molar-refractivity contribution is -0.143. The van der Waals surface area contributed by atoms with Crippen LogP contribution in [-0.2, 0) is 14.3 Å². The first-order chi connectivity index (χ1) is 8.10. The molecule has 0 aromatic heterocycles. The van der Waals surface area contributed by atoms with Gasteiger partial charge in [-0.1, -0.05) is 6.92 Å². The number of aliphatic hydroxyl groups excluding tert-OH is 1. The predicted octanol–water partition coefficient (Wildman–Crippen LogP) is -1.83. The van der Waals surface area contributed by atoms with Crippen molar-refractivity contribution in [1.82, 2.24) is 10.6 Å². The molecule has 0 aliphatic carbocycles. The second-order valence-electron chi connectivity index (χ2n) is 3.89. The Morgan fingerprint density at radius 2 is 2.18 bits per heavy atom. The summed E-state index contributed by atoms with van der Waals surface area (Å²) in [6.45, 7) is 2.70. The average Bonchev–Trinajstić information content (AvgIpc) is 2.74. The van der Waals surface area contributed by atoms with Gasteiger partial charge in [-0.2, -0.15) is 0 Å². The first-order valence-corrected chi connectivity index (χ1v) is 5.55. The molecule has 1 fully saturated rings. The van der Waals surface area contributed by atoms with Crippen LogP contribution in [0.5, 0.6) is 0 Å². The van der Waals surface area contributed by atoms with E-state index in [0.717, 1.165) is 0 Å². The number of carboxylic acids is 1. The van der Waals surface area contributed by atoms with Crippen molar-refractivity contribution in [3.05, 3.63) is 0 Å². The molecular formula is C10H18N2O5. The molecule has 4 N–H and O–H groups in total. The molecule has 1 aliphatic heterocycles. The minimum absolute atomic E-state index is 0.104. The molecule has 1 heterocycles. The number of rotatable bonds is 6. The Kier molecular flexibility index (Phi) is 5.33. The second-order valence-corrected chi connectivity index (χ2v) is 3.89. The van der Waals surface area contributed by atoms with Crippen molar-refractivity contribution >= 4 is 11.9 Å². The largest absolute Gasteiger partial charge is 0.480 e. The van der Waals surface area contributed by atoms with Crippen LogP contribution in [0.4, 0.5) is 0 Å². The summed E-state index contributed by atoms with van der Waals surface area (Å²) in [6.07, 6.45) is 0. The van der Waals surface area contributed by atoms with Gasteiger partial charge in [0.2, 0.25) is 5.91 Å². The standard InChI is InChI=1S/C10H18N2O5/c1-2-11-8-5-17-4-6(8)9(14)12-7(3-13)10(15)16/h6-8,11,13H,2-5H2,1H3,(H,12,14)(H,15,16)/t6?,7-,8?/m0/s1. The fourth-order valence-corrected chi connectivity index (χ4v) is 1.74. The van der Waals surface area contributed by atoms with Crippen molar-refractivity contribution in [2.24, 2.45) is 5.92 Å². The SMILES string of the molecule is CCNC1COCC1C(=O)N[C@@H](CO)C(=O)O. The number of carboxylic acid groups (broad SMARTS) is 1. The zero-order chi connectivity index (χ0) is 12.8. The molecule has 1 aliphatic rings. The maximum absolute atomic E-state index is 11.8. The second kappa shape index (κ2) is 6.53. The molecule has 0 saturated carbocycles. The number of likely N-dealkylation sites (N-methyl/N-ethyl adjacent to an activating group) is 1. The van der Waals surface area contributed by atoms with Crippen molar-refractivity contribution < 1.29 is 24.5 Å². The maximum atomic E-state index is 11.8. The minimum atomic E-state index is -1.26. The van der Waals surface area contributed by atoms with Crippen LogP contribution in [-0.4, -0.2) is 60.5 Å². The molecule has 1 amide bonds. The number of aliphatic carboxylic acids is 1. The van der Waals surface area contributed by atoms with Crippen molar-refractivity contribution in [3.63, 3.8) is 0 Å². The van der Waals surface area contributed by atoms with Crippen LogP contribution in [0.1, 0.15) is 6.92 Å². The lowest BCUT2D eigenvalue weighted by atomic mass is 10.0. The summed E-state index contributed by atoms with van der Waals surface area (Å²) >= 11 is 0. The first kappa shape index (κ1) is 13.9. The third-order valence-corrected chi connectivity index (χ3v) is 2.68. The van der Waals surface area contributed by atoms with E-state index in [1.807, 2.05) is 6.92 Å². The van der Waals surface area contributed by atoms with Gasteiger partial charge in [-0.05, 0) is 6.54 Å². The van der Waals surface area contributed by atoms with Crippen LogP contribution in [0.15, 0.2) is 0 Å². The van der Waals surface area contributed by atoms with Crippen LogP contribution in [0.3, 0.4) is 0 Å². The molecule has 0 radical (unpaired) electrons. The summed E-state index contributed by atoms with van der Waals surface area (Å²) in [5, 5.41) is 22.9. The highest BCUT2D eigenvalue weighted by Crippen LogP contribution is 2.14. The highest BCUT2D eigenvalue weighted by molar-refractivity contribution is 5.85. The molecule has 0 aromatic rings. The summed E-state index contributed by atoms with van der Waals surface area (Å²) < 4.78 is 5.19. The number of nitrogens with one attached hydrogen (secondary N) is 2. The van der Waals surface area contributed by atoms with E-state index >= 15 is 0 Å². The Balaban J connectivity index is 2.53. The van der Waals surface area contributed by atoms with Gasteiger partial charge < -0.3 is 25.6 Å². The normalized spacial score (nSPS) is 25.5. The Labute approximate surface area is 99.1 Å². The summed E-state index contributed by atoms with van der Waals surface area (Å²) in [6, 6.07) is -1.36. The molecule has 0 aromatic carbocycles. The van der Waals surface area contributed by atoms with E-state index in [0.29, 0.717) is 13.2 Å². The van der Waals surface area contributed by atoms with Gasteiger partial charge in [0.1, 0.15) is 6.04 Å². The predicted molar refractivity (Wildman–Crippen MR) is 58.4 cm³/mol. The molecule has 2 unspecified atom stereocenters. The van der Waals surface area contributed by atoms with Gasteiger partial charge >= 0.3 is 5.97 Å². The van der Waals surface area contributed by atoms with E-state index in [-0.39, 0.29) is 12.6 Å². The van der Waals surface area contributed by atoms with E-state index in [1.54, 1.807) is 0 Å². The van der Waals surface area contributed by atoms with E-state index in [1.165, 1.54) is 0 Å². The zero-order valence-electron chi connectivity index (χ0n) is 9.68. The summed E-state index contributed by atoms with van der Waals surface area (Å²) in [7, 11) is 0. The number of ether oxygens (including phenoxy) is 1. The maximum Gasteiger partial charge on any atom is 0.328 e. The molecule has 17 heavy (non-hydrogen) atoms. The van der Waals surface area contributed by atoms with Gasteiger partial charge in [-0.3, -0.25) is 4.79 Å². The number of aliphatic hydroxyl groups is 1. The lowest BCUT2D eigenvalue weighted by Gasteiger charge is -2.19. The molecule has 0 bridgehead atoms. The molecule has 3 atom stereocenters. The van der Waals surface area contributed by atoms with Crippen LogP contribution in [0.25, 0.3) is 0 Å². The van der Waals surface area contributed by atoms with E-state index in [2.05, 4.69) is 10.6 Å². The van der Waals surface area contributed by atoms with E-state index in [9.17, 15) is 9.59 Å². The number of amides is 1. The summed E-state index contributed by atoms with van der Waals surface area (Å²) in [5.74, 6) is -2.07. The first-order valence-electron chi connectivity index (χ1n) is 5.55. The number of carbonyl (C=O) groups is 2. The third kappa shape index (κ3) is 3.65. The van der Waals surface area contributed by atoms with Crippen LogP contribution in [0, 0.1) is 5.92 Å². The lowest BCUT2D eigenvalue weighted by Crippen LogP contribution is -2.50. The summed E-state index contributed by atoms with van der Waals surface area (Å²) in [4.78, 5) is 22.5. The fourth-order valence-electron chi connectivity index (χ4n) is 1.74. The fraction of sp³-hybridized carbons (Fsp3) is 0.800. The minimum Gasteiger partial charge on any atom is -0.480 e. The van der Waals surface area contributed by atoms with Crippen molar-refractivity contribution in [2.75, 3.05) is 26.4 Å². The van der Waals surface area contributed by atoms with Crippen LogP contribution < -0.4 is 10.6 Å². The van der Waals surface area contributed by atoms with Gasteiger partial charge in [0.05, 0.1) is 25.7 Å². The average molecular weight is 246 g/mol. The number of hydrogen-bond donors (Lipinski definition) is 4. The highest BCUT2D eigenvalue weighted by atomic mass is 16.5. The van der Waals surface area contributed by atoms with Crippen molar-refractivity contribution in [1.29, 1.82) is 0 Å². The Bertz CT molecular complexity index is 284.